The average molecular weight is 339 g/mol. The monoisotopic (exact) mass is 339 g/mol. The molecule has 0 aliphatic rings. The number of phenols is 1. The van der Waals surface area contributed by atoms with Gasteiger partial charge in [-0.1, -0.05) is 30.3 Å². The Balaban J connectivity index is 2.09. The second-order valence-electron chi connectivity index (χ2n) is 5.92. The van der Waals surface area contributed by atoms with Crippen LogP contribution < -0.4 is 0 Å². The van der Waals surface area contributed by atoms with Crippen LogP contribution in [-0.2, 0) is 11.3 Å². The molecule has 0 bridgehead atoms. The minimum absolute atomic E-state index is 0.0822. The molecular formula is C20H21NO4. The Bertz CT molecular complexity index is 899. The first-order valence-corrected chi connectivity index (χ1v) is 8.24. The van der Waals surface area contributed by atoms with E-state index in [4.69, 9.17) is 4.74 Å². The first-order valence-electron chi connectivity index (χ1n) is 8.24. The van der Waals surface area contributed by atoms with E-state index in [9.17, 15) is 15.0 Å². The fourth-order valence-electron chi connectivity index (χ4n) is 3.12. The van der Waals surface area contributed by atoms with Gasteiger partial charge < -0.3 is 19.5 Å². The number of ether oxygens (including phenoxy) is 1. The van der Waals surface area contributed by atoms with Crippen molar-refractivity contribution < 1.29 is 19.7 Å². The van der Waals surface area contributed by atoms with Gasteiger partial charge in [-0.15, -0.1) is 0 Å². The highest BCUT2D eigenvalue weighted by Crippen LogP contribution is 2.31. The van der Waals surface area contributed by atoms with E-state index in [1.807, 2.05) is 41.8 Å². The van der Waals surface area contributed by atoms with Crippen LogP contribution in [0.25, 0.3) is 10.9 Å². The van der Waals surface area contributed by atoms with Crippen molar-refractivity contribution in [3.05, 3.63) is 65.4 Å². The normalized spacial score (nSPS) is 12.3. The van der Waals surface area contributed by atoms with Crippen LogP contribution in [0.4, 0.5) is 0 Å². The van der Waals surface area contributed by atoms with Crippen molar-refractivity contribution in [1.29, 1.82) is 0 Å². The number of hydrogen-bond donors (Lipinski definition) is 2. The van der Waals surface area contributed by atoms with Crippen molar-refractivity contribution >= 4 is 16.9 Å². The molecule has 1 aromatic heterocycles. The van der Waals surface area contributed by atoms with Crippen LogP contribution in [0.2, 0.25) is 0 Å². The van der Waals surface area contributed by atoms with Crippen LogP contribution in [0.3, 0.4) is 0 Å². The number of aromatic hydroxyl groups is 1. The van der Waals surface area contributed by atoms with E-state index in [0.29, 0.717) is 23.2 Å². The molecule has 0 amide bonds. The summed E-state index contributed by atoms with van der Waals surface area (Å²) in [5.41, 5.74) is 2.70. The summed E-state index contributed by atoms with van der Waals surface area (Å²) >= 11 is 0. The topological polar surface area (TPSA) is 71.7 Å². The SMILES string of the molecule is CCOC(=O)c1c(C)n(C[C@@H](O)c2ccccc2)c2ccc(O)cc12. The van der Waals surface area contributed by atoms with Gasteiger partial charge in [0.05, 0.1) is 24.8 Å². The smallest absolute Gasteiger partial charge is 0.340 e. The third-order valence-electron chi connectivity index (χ3n) is 4.33. The Kier molecular flexibility index (Phi) is 4.76. The number of phenolic OH excluding ortho intramolecular Hbond substituents is 1. The molecular weight excluding hydrogens is 318 g/mol. The zero-order chi connectivity index (χ0) is 18.0. The highest BCUT2D eigenvalue weighted by Gasteiger charge is 2.22. The zero-order valence-electron chi connectivity index (χ0n) is 14.3. The Morgan fingerprint density at radius 3 is 2.60 bits per heavy atom. The molecule has 3 aromatic rings. The van der Waals surface area contributed by atoms with Crippen LogP contribution in [0.5, 0.6) is 5.75 Å². The van der Waals surface area contributed by atoms with E-state index < -0.39 is 12.1 Å². The van der Waals surface area contributed by atoms with Crippen LogP contribution >= 0.6 is 0 Å². The number of fused-ring (bicyclic) bond motifs is 1. The van der Waals surface area contributed by atoms with E-state index >= 15 is 0 Å². The Morgan fingerprint density at radius 1 is 1.20 bits per heavy atom. The van der Waals surface area contributed by atoms with E-state index in [-0.39, 0.29) is 12.4 Å². The maximum atomic E-state index is 12.4. The molecule has 5 nitrogen and oxygen atoms in total. The lowest BCUT2D eigenvalue weighted by Gasteiger charge is -2.15. The van der Waals surface area contributed by atoms with Crippen molar-refractivity contribution in [2.45, 2.75) is 26.5 Å². The molecule has 130 valence electrons. The number of nitrogens with zero attached hydrogens (tertiary/aromatic N) is 1. The lowest BCUT2D eigenvalue weighted by atomic mass is 10.1. The van der Waals surface area contributed by atoms with Gasteiger partial charge in [0.15, 0.2) is 0 Å². The second kappa shape index (κ2) is 6.99. The molecule has 0 aliphatic heterocycles. The van der Waals surface area contributed by atoms with E-state index in [0.717, 1.165) is 11.1 Å². The number of aliphatic hydroxyl groups excluding tert-OH is 1. The summed E-state index contributed by atoms with van der Waals surface area (Å²) in [7, 11) is 0. The van der Waals surface area contributed by atoms with Gasteiger partial charge >= 0.3 is 5.97 Å². The first kappa shape index (κ1) is 17.0. The number of rotatable bonds is 5. The summed E-state index contributed by atoms with van der Waals surface area (Å²) in [6, 6.07) is 14.3. The molecule has 0 spiro atoms. The average Bonchev–Trinajstić information content (AvgIpc) is 2.87. The van der Waals surface area contributed by atoms with Gasteiger partial charge in [0.2, 0.25) is 0 Å². The minimum Gasteiger partial charge on any atom is -0.508 e. The van der Waals surface area contributed by atoms with Crippen molar-refractivity contribution in [3.63, 3.8) is 0 Å². The second-order valence-corrected chi connectivity index (χ2v) is 5.92. The predicted molar refractivity (Wildman–Crippen MR) is 95.7 cm³/mol. The third-order valence-corrected chi connectivity index (χ3v) is 4.33. The lowest BCUT2D eigenvalue weighted by Crippen LogP contribution is -2.11. The van der Waals surface area contributed by atoms with Gasteiger partial charge in [-0.25, -0.2) is 4.79 Å². The standard InChI is InChI=1S/C20H21NO4/c1-3-25-20(24)19-13(2)21(17-10-9-15(22)11-16(17)19)12-18(23)14-7-5-4-6-8-14/h4-11,18,22-23H,3,12H2,1-2H3/t18-/m1/s1. The summed E-state index contributed by atoms with van der Waals surface area (Å²) < 4.78 is 7.05. The van der Waals surface area contributed by atoms with Crippen LogP contribution in [0, 0.1) is 6.92 Å². The molecule has 2 N–H and O–H groups in total. The molecule has 0 aliphatic carbocycles. The molecule has 2 aromatic carbocycles. The van der Waals surface area contributed by atoms with Gasteiger partial charge in [-0.05, 0) is 37.6 Å². The summed E-state index contributed by atoms with van der Waals surface area (Å²) in [5, 5.41) is 21.0. The molecule has 0 saturated carbocycles. The van der Waals surface area contributed by atoms with Crippen LogP contribution in [0.1, 0.15) is 34.6 Å². The van der Waals surface area contributed by atoms with Crippen molar-refractivity contribution in [1.82, 2.24) is 4.57 Å². The maximum Gasteiger partial charge on any atom is 0.340 e. The Morgan fingerprint density at radius 2 is 1.92 bits per heavy atom. The summed E-state index contributed by atoms with van der Waals surface area (Å²) in [6.45, 7) is 4.15. The van der Waals surface area contributed by atoms with Gasteiger partial charge in [0.25, 0.3) is 0 Å². The minimum atomic E-state index is -0.709. The molecule has 5 heteroatoms. The summed E-state index contributed by atoms with van der Waals surface area (Å²) in [4.78, 5) is 12.4. The molecule has 0 unspecified atom stereocenters. The van der Waals surface area contributed by atoms with Gasteiger partial charge in [0.1, 0.15) is 5.75 Å². The molecule has 3 rings (SSSR count). The molecule has 0 saturated heterocycles. The van der Waals surface area contributed by atoms with Gasteiger partial charge in [0, 0.05) is 16.6 Å². The number of esters is 1. The third kappa shape index (κ3) is 3.23. The molecule has 0 radical (unpaired) electrons. The number of aromatic nitrogens is 1. The highest BCUT2D eigenvalue weighted by atomic mass is 16.5. The Hall–Kier alpha value is -2.79. The van der Waals surface area contributed by atoms with Gasteiger partial charge in [-0.3, -0.25) is 0 Å². The number of benzene rings is 2. The van der Waals surface area contributed by atoms with E-state index in [2.05, 4.69) is 0 Å². The number of carbonyl (C=O) groups excluding carboxylic acids is 1. The van der Waals surface area contributed by atoms with E-state index in [1.54, 1.807) is 25.1 Å². The fraction of sp³-hybridized carbons (Fsp3) is 0.250. The quantitative estimate of drug-likeness (QED) is 0.697. The van der Waals surface area contributed by atoms with Gasteiger partial charge in [-0.2, -0.15) is 0 Å². The maximum absolute atomic E-state index is 12.4. The largest absolute Gasteiger partial charge is 0.508 e. The molecule has 1 atom stereocenters. The van der Waals surface area contributed by atoms with Crippen LogP contribution in [0.15, 0.2) is 48.5 Å². The number of aliphatic hydroxyl groups is 1. The molecule has 1 heterocycles. The summed E-state index contributed by atoms with van der Waals surface area (Å²) in [6.07, 6.45) is -0.709. The molecule has 25 heavy (non-hydrogen) atoms. The fourth-order valence-corrected chi connectivity index (χ4v) is 3.12. The number of hydrogen-bond acceptors (Lipinski definition) is 4. The zero-order valence-corrected chi connectivity index (χ0v) is 14.3. The van der Waals surface area contributed by atoms with Crippen molar-refractivity contribution in [2.75, 3.05) is 6.61 Å². The molecule has 0 fully saturated rings. The highest BCUT2D eigenvalue weighted by molar-refractivity contribution is 6.06. The van der Waals surface area contributed by atoms with Crippen molar-refractivity contribution in [3.8, 4) is 5.75 Å². The lowest BCUT2D eigenvalue weighted by molar-refractivity contribution is 0.0527. The van der Waals surface area contributed by atoms with E-state index in [1.165, 1.54) is 0 Å². The number of carbonyl (C=O) groups is 1. The Labute approximate surface area is 146 Å². The summed E-state index contributed by atoms with van der Waals surface area (Å²) in [5.74, 6) is -0.345. The van der Waals surface area contributed by atoms with Crippen molar-refractivity contribution in [2.24, 2.45) is 0 Å². The predicted octanol–water partition coefficient (Wildman–Crippen LogP) is 3.57. The van der Waals surface area contributed by atoms with Crippen LogP contribution in [-0.4, -0.2) is 27.4 Å². The first-order chi connectivity index (χ1) is 12.0.